The minimum absolute atomic E-state index is 0.0405. The summed E-state index contributed by atoms with van der Waals surface area (Å²) in [5.74, 6) is -0.0405. The van der Waals surface area contributed by atoms with Gasteiger partial charge < -0.3 is 5.32 Å². The molecule has 0 radical (unpaired) electrons. The van der Waals surface area contributed by atoms with Crippen LogP contribution in [0.3, 0.4) is 0 Å². The summed E-state index contributed by atoms with van der Waals surface area (Å²) in [5, 5.41) is 2.77. The summed E-state index contributed by atoms with van der Waals surface area (Å²) < 4.78 is 0. The van der Waals surface area contributed by atoms with Crippen LogP contribution in [0.2, 0.25) is 0 Å². The molecule has 0 saturated heterocycles. The molecule has 0 bridgehead atoms. The van der Waals surface area contributed by atoms with Gasteiger partial charge in [0.2, 0.25) is 5.91 Å². The van der Waals surface area contributed by atoms with E-state index in [4.69, 9.17) is 0 Å². The van der Waals surface area contributed by atoms with Crippen molar-refractivity contribution in [3.8, 4) is 0 Å². The lowest BCUT2D eigenvalue weighted by atomic mass is 10.0. The summed E-state index contributed by atoms with van der Waals surface area (Å²) in [6, 6.07) is 9.89. The standard InChI is InChI=1S/C14H17NO/c1-4-10-15-14(16)12(3)11(2)13-8-6-5-7-9-13/h4-9H,1,10H2,2-3H3,(H,15,16)/b12-11+. The van der Waals surface area contributed by atoms with E-state index in [1.54, 1.807) is 6.08 Å². The van der Waals surface area contributed by atoms with E-state index >= 15 is 0 Å². The van der Waals surface area contributed by atoms with E-state index in [0.29, 0.717) is 6.54 Å². The van der Waals surface area contributed by atoms with Gasteiger partial charge in [0.25, 0.3) is 0 Å². The highest BCUT2D eigenvalue weighted by atomic mass is 16.1. The van der Waals surface area contributed by atoms with Crippen LogP contribution in [0.1, 0.15) is 19.4 Å². The van der Waals surface area contributed by atoms with Crippen LogP contribution in [0.25, 0.3) is 5.57 Å². The molecule has 16 heavy (non-hydrogen) atoms. The van der Waals surface area contributed by atoms with Crippen LogP contribution >= 0.6 is 0 Å². The molecule has 2 heteroatoms. The van der Waals surface area contributed by atoms with Crippen LogP contribution < -0.4 is 5.32 Å². The maximum atomic E-state index is 11.7. The zero-order chi connectivity index (χ0) is 12.0. The van der Waals surface area contributed by atoms with Gasteiger partial charge in [0.1, 0.15) is 0 Å². The van der Waals surface area contributed by atoms with Gasteiger partial charge >= 0.3 is 0 Å². The Balaban J connectivity index is 2.88. The Morgan fingerprint density at radius 1 is 1.31 bits per heavy atom. The van der Waals surface area contributed by atoms with Crippen molar-refractivity contribution in [2.75, 3.05) is 6.54 Å². The molecule has 1 amide bonds. The van der Waals surface area contributed by atoms with Gasteiger partial charge in [-0.1, -0.05) is 36.4 Å². The minimum atomic E-state index is -0.0405. The summed E-state index contributed by atoms with van der Waals surface area (Å²) in [5.41, 5.74) is 2.82. The molecule has 0 aliphatic carbocycles. The molecule has 84 valence electrons. The van der Waals surface area contributed by atoms with Crippen molar-refractivity contribution >= 4 is 11.5 Å². The summed E-state index contributed by atoms with van der Waals surface area (Å²) in [7, 11) is 0. The van der Waals surface area contributed by atoms with Crippen LogP contribution in [0, 0.1) is 0 Å². The monoisotopic (exact) mass is 215 g/mol. The SMILES string of the molecule is C=CCNC(=O)/C(C)=C(\C)c1ccccc1. The second-order valence-corrected chi connectivity index (χ2v) is 3.61. The molecule has 1 N–H and O–H groups in total. The van der Waals surface area contributed by atoms with E-state index in [1.807, 2.05) is 44.2 Å². The Labute approximate surface area is 96.7 Å². The zero-order valence-corrected chi connectivity index (χ0v) is 9.79. The van der Waals surface area contributed by atoms with Crippen molar-refractivity contribution in [3.05, 3.63) is 54.1 Å². The number of carbonyl (C=O) groups is 1. The highest BCUT2D eigenvalue weighted by Crippen LogP contribution is 2.17. The molecular weight excluding hydrogens is 198 g/mol. The van der Waals surface area contributed by atoms with Crippen LogP contribution in [0.4, 0.5) is 0 Å². The highest BCUT2D eigenvalue weighted by Gasteiger charge is 2.07. The Bertz CT molecular complexity index is 404. The Morgan fingerprint density at radius 2 is 1.94 bits per heavy atom. The third kappa shape index (κ3) is 3.09. The average molecular weight is 215 g/mol. The second-order valence-electron chi connectivity index (χ2n) is 3.61. The fourth-order valence-corrected chi connectivity index (χ4v) is 1.37. The largest absolute Gasteiger partial charge is 0.349 e. The summed E-state index contributed by atoms with van der Waals surface area (Å²) in [4.78, 5) is 11.7. The number of rotatable bonds is 4. The third-order valence-electron chi connectivity index (χ3n) is 2.52. The first kappa shape index (κ1) is 12.2. The first-order chi connectivity index (χ1) is 7.66. The fourth-order valence-electron chi connectivity index (χ4n) is 1.37. The molecule has 0 aliphatic heterocycles. The van der Waals surface area contributed by atoms with E-state index in [2.05, 4.69) is 11.9 Å². The normalized spacial score (nSPS) is 11.6. The lowest BCUT2D eigenvalue weighted by Gasteiger charge is -2.08. The van der Waals surface area contributed by atoms with Gasteiger partial charge in [-0.3, -0.25) is 4.79 Å². The van der Waals surface area contributed by atoms with Crippen LogP contribution in [-0.4, -0.2) is 12.5 Å². The molecule has 0 aliphatic rings. The summed E-state index contributed by atoms with van der Waals surface area (Å²) in [6.45, 7) is 7.85. The molecule has 2 nitrogen and oxygen atoms in total. The van der Waals surface area contributed by atoms with Gasteiger partial charge in [-0.25, -0.2) is 0 Å². The van der Waals surface area contributed by atoms with Crippen molar-refractivity contribution in [1.29, 1.82) is 0 Å². The number of nitrogens with one attached hydrogen (secondary N) is 1. The van der Waals surface area contributed by atoms with E-state index < -0.39 is 0 Å². The molecule has 0 spiro atoms. The van der Waals surface area contributed by atoms with Crippen LogP contribution in [-0.2, 0) is 4.79 Å². The molecular formula is C14H17NO. The zero-order valence-electron chi connectivity index (χ0n) is 9.79. The van der Waals surface area contributed by atoms with Gasteiger partial charge in [-0.15, -0.1) is 6.58 Å². The van der Waals surface area contributed by atoms with Gasteiger partial charge in [0.05, 0.1) is 0 Å². The van der Waals surface area contributed by atoms with E-state index in [1.165, 1.54) is 0 Å². The van der Waals surface area contributed by atoms with Crippen LogP contribution in [0.5, 0.6) is 0 Å². The maximum absolute atomic E-state index is 11.7. The first-order valence-corrected chi connectivity index (χ1v) is 5.28. The summed E-state index contributed by atoms with van der Waals surface area (Å²) >= 11 is 0. The van der Waals surface area contributed by atoms with E-state index in [0.717, 1.165) is 16.7 Å². The molecule has 1 aromatic rings. The minimum Gasteiger partial charge on any atom is -0.349 e. The number of carbonyl (C=O) groups excluding carboxylic acids is 1. The van der Waals surface area contributed by atoms with E-state index in [-0.39, 0.29) is 5.91 Å². The Morgan fingerprint density at radius 3 is 2.50 bits per heavy atom. The number of allylic oxidation sites excluding steroid dienone is 1. The van der Waals surface area contributed by atoms with Crippen molar-refractivity contribution < 1.29 is 4.79 Å². The predicted molar refractivity (Wildman–Crippen MR) is 67.9 cm³/mol. The Hall–Kier alpha value is -1.83. The molecule has 0 atom stereocenters. The number of hydrogen-bond donors (Lipinski definition) is 1. The Kier molecular flexibility index (Phi) is 4.52. The van der Waals surface area contributed by atoms with E-state index in [9.17, 15) is 4.79 Å². The topological polar surface area (TPSA) is 29.1 Å². The van der Waals surface area contributed by atoms with Gasteiger partial charge in [0, 0.05) is 12.1 Å². The van der Waals surface area contributed by atoms with Gasteiger partial charge in [0.15, 0.2) is 0 Å². The van der Waals surface area contributed by atoms with Crippen molar-refractivity contribution in [2.24, 2.45) is 0 Å². The smallest absolute Gasteiger partial charge is 0.247 e. The highest BCUT2D eigenvalue weighted by molar-refractivity contribution is 6.00. The number of amides is 1. The van der Waals surface area contributed by atoms with Gasteiger partial charge in [-0.05, 0) is 25.0 Å². The quantitative estimate of drug-likeness (QED) is 0.607. The number of benzene rings is 1. The molecule has 0 aromatic heterocycles. The molecule has 0 fully saturated rings. The molecule has 0 saturated carbocycles. The lowest BCUT2D eigenvalue weighted by molar-refractivity contribution is -0.117. The molecule has 0 heterocycles. The third-order valence-corrected chi connectivity index (χ3v) is 2.52. The van der Waals surface area contributed by atoms with Gasteiger partial charge in [-0.2, -0.15) is 0 Å². The first-order valence-electron chi connectivity index (χ1n) is 5.28. The fraction of sp³-hybridized carbons (Fsp3) is 0.214. The maximum Gasteiger partial charge on any atom is 0.247 e. The predicted octanol–water partition coefficient (Wildman–Crippen LogP) is 2.78. The average Bonchev–Trinajstić information content (AvgIpc) is 2.35. The van der Waals surface area contributed by atoms with Crippen LogP contribution in [0.15, 0.2) is 48.6 Å². The second kappa shape index (κ2) is 5.91. The van der Waals surface area contributed by atoms with Crippen molar-refractivity contribution in [3.63, 3.8) is 0 Å². The molecule has 0 unspecified atom stereocenters. The molecule has 1 aromatic carbocycles. The van der Waals surface area contributed by atoms with Crippen molar-refractivity contribution in [2.45, 2.75) is 13.8 Å². The number of hydrogen-bond acceptors (Lipinski definition) is 1. The summed E-state index contributed by atoms with van der Waals surface area (Å²) in [6.07, 6.45) is 1.67. The lowest BCUT2D eigenvalue weighted by Crippen LogP contribution is -2.24. The molecule has 1 rings (SSSR count). The van der Waals surface area contributed by atoms with Crippen molar-refractivity contribution in [1.82, 2.24) is 5.32 Å².